The molecule has 3 rings (SSSR count). The van der Waals surface area contributed by atoms with E-state index in [1.54, 1.807) is 23.5 Å². The summed E-state index contributed by atoms with van der Waals surface area (Å²) in [5, 5.41) is 13.7. The molecule has 1 fully saturated rings. The number of halogens is 1. The number of thioether (sulfide) groups is 2. The summed E-state index contributed by atoms with van der Waals surface area (Å²) in [6.45, 7) is 0. The molecule has 1 heterocycles. The van der Waals surface area contributed by atoms with Crippen LogP contribution >= 0.6 is 35.1 Å². The van der Waals surface area contributed by atoms with Crippen LogP contribution in [0.4, 0.5) is 0 Å². The van der Waals surface area contributed by atoms with Crippen LogP contribution in [0.3, 0.4) is 0 Å². The fourth-order valence-electron chi connectivity index (χ4n) is 1.80. The van der Waals surface area contributed by atoms with Crippen molar-refractivity contribution >= 4 is 35.1 Å². The Morgan fingerprint density at radius 3 is 2.80 bits per heavy atom. The van der Waals surface area contributed by atoms with Crippen LogP contribution in [0.1, 0.15) is 25.3 Å². The van der Waals surface area contributed by atoms with Crippen LogP contribution in [-0.4, -0.2) is 31.7 Å². The third-order valence-electron chi connectivity index (χ3n) is 2.97. The maximum Gasteiger partial charge on any atom is 0.209 e. The molecule has 0 atom stereocenters. The maximum atomic E-state index is 6.12. The first-order valence-corrected chi connectivity index (χ1v) is 8.97. The zero-order valence-corrected chi connectivity index (χ0v) is 13.3. The average molecular weight is 327 g/mol. The Labute approximate surface area is 131 Å². The Morgan fingerprint density at radius 1 is 1.20 bits per heavy atom. The van der Waals surface area contributed by atoms with E-state index in [0.29, 0.717) is 6.04 Å². The average Bonchev–Trinajstić information content (AvgIpc) is 3.20. The monoisotopic (exact) mass is 326 g/mol. The van der Waals surface area contributed by atoms with Gasteiger partial charge in [-0.25, -0.2) is 4.68 Å². The van der Waals surface area contributed by atoms with E-state index in [1.807, 2.05) is 22.9 Å². The fourth-order valence-corrected chi connectivity index (χ4v) is 4.05. The highest BCUT2D eigenvalue weighted by molar-refractivity contribution is 8.00. The predicted molar refractivity (Wildman–Crippen MR) is 83.6 cm³/mol. The molecule has 0 N–H and O–H groups in total. The van der Waals surface area contributed by atoms with E-state index in [4.69, 9.17) is 11.6 Å². The lowest BCUT2D eigenvalue weighted by molar-refractivity contribution is 0.565. The van der Waals surface area contributed by atoms with Gasteiger partial charge in [-0.1, -0.05) is 35.5 Å². The van der Waals surface area contributed by atoms with E-state index in [1.165, 1.54) is 12.8 Å². The molecule has 2 aromatic rings. The van der Waals surface area contributed by atoms with E-state index >= 15 is 0 Å². The third kappa shape index (κ3) is 3.68. The van der Waals surface area contributed by atoms with Crippen molar-refractivity contribution in [2.75, 3.05) is 11.5 Å². The van der Waals surface area contributed by atoms with Crippen molar-refractivity contribution in [1.29, 1.82) is 0 Å². The van der Waals surface area contributed by atoms with Crippen LogP contribution in [-0.2, 0) is 0 Å². The van der Waals surface area contributed by atoms with Crippen LogP contribution in [0, 0.1) is 0 Å². The molecule has 0 amide bonds. The van der Waals surface area contributed by atoms with Crippen molar-refractivity contribution in [3.8, 4) is 0 Å². The summed E-state index contributed by atoms with van der Waals surface area (Å²) in [5.74, 6) is 2.09. The summed E-state index contributed by atoms with van der Waals surface area (Å²) in [4.78, 5) is 1.15. The minimum atomic E-state index is 0.546. The van der Waals surface area contributed by atoms with Crippen molar-refractivity contribution in [3.63, 3.8) is 0 Å². The first kappa shape index (κ1) is 14.2. The van der Waals surface area contributed by atoms with Gasteiger partial charge in [-0.15, -0.1) is 16.9 Å². The summed E-state index contributed by atoms with van der Waals surface area (Å²) in [6, 6.07) is 8.52. The zero-order chi connectivity index (χ0) is 13.8. The Bertz CT molecular complexity index is 571. The predicted octanol–water partition coefficient (Wildman–Crippen LogP) is 3.94. The molecule has 0 aliphatic heterocycles. The second-order valence-electron chi connectivity index (χ2n) is 4.62. The molecule has 106 valence electrons. The van der Waals surface area contributed by atoms with Gasteiger partial charge in [-0.2, -0.15) is 0 Å². The van der Waals surface area contributed by atoms with Gasteiger partial charge in [0.15, 0.2) is 0 Å². The highest BCUT2D eigenvalue weighted by Gasteiger charge is 2.27. The molecule has 1 saturated carbocycles. The Hall–Kier alpha value is -0.720. The van der Waals surface area contributed by atoms with Gasteiger partial charge >= 0.3 is 0 Å². The summed E-state index contributed by atoms with van der Waals surface area (Å²) >= 11 is 9.67. The Balaban J connectivity index is 1.40. The summed E-state index contributed by atoms with van der Waals surface area (Å²) < 4.78 is 1.96. The SMILES string of the molecule is Clc1ccccc1SCCCSc1nnnn1C1CC1. The van der Waals surface area contributed by atoms with Crippen molar-refractivity contribution in [3.05, 3.63) is 29.3 Å². The molecule has 0 unspecified atom stereocenters. The number of tetrazole rings is 1. The standard InChI is InChI=1S/C13H15ClN4S2/c14-11-4-1-2-5-12(11)19-8-3-9-20-13-15-16-17-18(13)10-6-7-10/h1-2,4-5,10H,3,6-9H2. The van der Waals surface area contributed by atoms with Gasteiger partial charge in [0.2, 0.25) is 5.16 Å². The molecule has 0 bridgehead atoms. The van der Waals surface area contributed by atoms with E-state index in [9.17, 15) is 0 Å². The number of benzene rings is 1. The molecule has 0 spiro atoms. The van der Waals surface area contributed by atoms with Crippen LogP contribution < -0.4 is 0 Å². The van der Waals surface area contributed by atoms with Crippen LogP contribution in [0.15, 0.2) is 34.3 Å². The van der Waals surface area contributed by atoms with Gasteiger partial charge in [-0.05, 0) is 47.6 Å². The molecule has 1 aliphatic rings. The van der Waals surface area contributed by atoms with E-state index in [2.05, 4.69) is 21.6 Å². The molecule has 1 aromatic carbocycles. The number of hydrogen-bond donors (Lipinski definition) is 0. The highest BCUT2D eigenvalue weighted by atomic mass is 35.5. The maximum absolute atomic E-state index is 6.12. The number of hydrogen-bond acceptors (Lipinski definition) is 5. The molecule has 1 aromatic heterocycles. The topological polar surface area (TPSA) is 43.6 Å². The molecular formula is C13H15ClN4S2. The summed E-state index contributed by atoms with van der Waals surface area (Å²) in [5.41, 5.74) is 0. The first-order valence-electron chi connectivity index (χ1n) is 6.62. The number of rotatable bonds is 7. The molecule has 7 heteroatoms. The molecule has 0 radical (unpaired) electrons. The lowest BCUT2D eigenvalue weighted by Crippen LogP contribution is -1.99. The van der Waals surface area contributed by atoms with Crippen molar-refractivity contribution in [1.82, 2.24) is 20.2 Å². The smallest absolute Gasteiger partial charge is 0.209 e. The molecular weight excluding hydrogens is 312 g/mol. The second kappa shape index (κ2) is 6.83. The molecule has 1 aliphatic carbocycles. The van der Waals surface area contributed by atoms with E-state index in [0.717, 1.165) is 33.0 Å². The summed E-state index contributed by atoms with van der Waals surface area (Å²) in [7, 11) is 0. The van der Waals surface area contributed by atoms with Gasteiger partial charge in [0, 0.05) is 10.6 Å². The quantitative estimate of drug-likeness (QED) is 0.569. The molecule has 0 saturated heterocycles. The minimum Gasteiger partial charge on any atom is -0.217 e. The highest BCUT2D eigenvalue weighted by Crippen LogP contribution is 2.36. The van der Waals surface area contributed by atoms with E-state index in [-0.39, 0.29) is 0 Å². The van der Waals surface area contributed by atoms with Crippen molar-refractivity contribution in [2.45, 2.75) is 35.4 Å². The van der Waals surface area contributed by atoms with E-state index < -0.39 is 0 Å². The first-order chi connectivity index (χ1) is 9.84. The lowest BCUT2D eigenvalue weighted by atomic mass is 10.4. The third-order valence-corrected chi connectivity index (χ3v) is 5.59. The van der Waals surface area contributed by atoms with Gasteiger partial charge in [0.1, 0.15) is 0 Å². The minimum absolute atomic E-state index is 0.546. The number of aromatic nitrogens is 4. The normalized spacial score (nSPS) is 14.7. The molecule has 20 heavy (non-hydrogen) atoms. The van der Waals surface area contributed by atoms with Crippen molar-refractivity contribution in [2.24, 2.45) is 0 Å². The van der Waals surface area contributed by atoms with Gasteiger partial charge < -0.3 is 0 Å². The second-order valence-corrected chi connectivity index (χ2v) is 7.22. The Morgan fingerprint density at radius 2 is 2.00 bits per heavy atom. The Kier molecular flexibility index (Phi) is 4.86. The van der Waals surface area contributed by atoms with Gasteiger partial charge in [-0.3, -0.25) is 0 Å². The number of nitrogens with zero attached hydrogens (tertiary/aromatic N) is 4. The van der Waals surface area contributed by atoms with Gasteiger partial charge in [0.25, 0.3) is 0 Å². The largest absolute Gasteiger partial charge is 0.217 e. The van der Waals surface area contributed by atoms with Crippen LogP contribution in [0.2, 0.25) is 5.02 Å². The van der Waals surface area contributed by atoms with Gasteiger partial charge in [0.05, 0.1) is 11.1 Å². The fraction of sp³-hybridized carbons (Fsp3) is 0.462. The lowest BCUT2D eigenvalue weighted by Gasteiger charge is -2.04. The zero-order valence-electron chi connectivity index (χ0n) is 10.9. The van der Waals surface area contributed by atoms with Crippen LogP contribution in [0.5, 0.6) is 0 Å². The molecule has 4 nitrogen and oxygen atoms in total. The summed E-state index contributed by atoms with van der Waals surface area (Å²) in [6.07, 6.45) is 3.53. The van der Waals surface area contributed by atoms with Crippen molar-refractivity contribution < 1.29 is 0 Å². The van der Waals surface area contributed by atoms with Crippen LogP contribution in [0.25, 0.3) is 0 Å².